The van der Waals surface area contributed by atoms with Gasteiger partial charge >= 0.3 is 0 Å². The average Bonchev–Trinajstić information content (AvgIpc) is 2.46. The van der Waals surface area contributed by atoms with Gasteiger partial charge < -0.3 is 0 Å². The third-order valence-corrected chi connectivity index (χ3v) is 7.56. The van der Waals surface area contributed by atoms with Gasteiger partial charge in [-0.25, -0.2) is 4.21 Å². The highest BCUT2D eigenvalue weighted by Gasteiger charge is 2.19. The van der Waals surface area contributed by atoms with Crippen molar-refractivity contribution < 1.29 is 4.21 Å². The minimum atomic E-state index is -1.66. The van der Waals surface area contributed by atoms with E-state index in [1.807, 2.05) is 42.7 Å². The lowest BCUT2D eigenvalue weighted by molar-refractivity contribution is 0.688. The lowest BCUT2D eigenvalue weighted by atomic mass is 10.2. The molecule has 0 saturated carbocycles. The van der Waals surface area contributed by atoms with Crippen LogP contribution in [0.5, 0.6) is 0 Å². The Labute approximate surface area is 124 Å². The molecule has 0 N–H and O–H groups in total. The Balaban J connectivity index is 2.16. The fourth-order valence-corrected chi connectivity index (χ4v) is 5.61. The van der Waals surface area contributed by atoms with Crippen LogP contribution < -0.4 is 5.19 Å². The first-order valence-corrected chi connectivity index (χ1v) is 11.0. The summed E-state index contributed by atoms with van der Waals surface area (Å²) >= 11 is 0. The summed E-state index contributed by atoms with van der Waals surface area (Å²) in [5.41, 5.74) is 3.35. The molecule has 0 unspecified atom stereocenters. The molecule has 1 nitrogen and oxygen atoms in total. The van der Waals surface area contributed by atoms with E-state index >= 15 is 0 Å². The number of benzene rings is 2. The molecule has 1 atom stereocenters. The van der Waals surface area contributed by atoms with Crippen LogP contribution in [0.2, 0.25) is 13.1 Å². The largest absolute Gasteiger partial charge is 0.250 e. The van der Waals surface area contributed by atoms with Gasteiger partial charge in [0.15, 0.2) is 0 Å². The Bertz CT molecular complexity index is 615. The fourth-order valence-electron chi connectivity index (χ4n) is 1.95. The quantitative estimate of drug-likeness (QED) is 0.786. The monoisotopic (exact) mass is 300 g/mol. The zero-order valence-corrected chi connectivity index (χ0v) is 14.0. The van der Waals surface area contributed by atoms with Gasteiger partial charge in [-0.05, 0) is 24.5 Å². The van der Waals surface area contributed by atoms with E-state index in [9.17, 15) is 4.21 Å². The molecule has 2 rings (SSSR count). The molecular formula is C17H20OSSi. The Kier molecular flexibility index (Phi) is 4.73. The minimum Gasteiger partial charge on any atom is -0.250 e. The molecule has 0 radical (unpaired) electrons. The third-order valence-electron chi connectivity index (χ3n) is 3.38. The molecule has 2 aromatic rings. The second kappa shape index (κ2) is 6.33. The summed E-state index contributed by atoms with van der Waals surface area (Å²) < 4.78 is 12.3. The molecule has 20 heavy (non-hydrogen) atoms. The van der Waals surface area contributed by atoms with Gasteiger partial charge in [0, 0.05) is 4.90 Å². The van der Waals surface area contributed by atoms with Crippen molar-refractivity contribution in [1.29, 1.82) is 0 Å². The van der Waals surface area contributed by atoms with Crippen molar-refractivity contribution in [3.05, 3.63) is 71.3 Å². The van der Waals surface area contributed by atoms with Gasteiger partial charge in [-0.2, -0.15) is 0 Å². The number of aryl methyl sites for hydroxylation is 1. The third kappa shape index (κ3) is 3.78. The Morgan fingerprint density at radius 2 is 1.55 bits per heavy atom. The lowest BCUT2D eigenvalue weighted by Crippen LogP contribution is -2.39. The maximum atomic E-state index is 12.3. The van der Waals surface area contributed by atoms with Crippen molar-refractivity contribution >= 4 is 24.1 Å². The molecule has 0 aliphatic heterocycles. The summed E-state index contributed by atoms with van der Waals surface area (Å²) in [5, 5.41) is 3.21. The summed E-state index contributed by atoms with van der Waals surface area (Å²) in [6, 6.07) is 18.4. The summed E-state index contributed by atoms with van der Waals surface area (Å²) in [6.07, 6.45) is 0. The highest BCUT2D eigenvalue weighted by atomic mass is 32.2. The van der Waals surface area contributed by atoms with Crippen LogP contribution in [0, 0.1) is 6.92 Å². The number of hydrogen-bond acceptors (Lipinski definition) is 1. The molecule has 0 bridgehead atoms. The summed E-state index contributed by atoms with van der Waals surface area (Å²) in [6.45, 7) is 6.57. The van der Waals surface area contributed by atoms with E-state index in [-0.39, 0.29) is 0 Å². The zero-order chi connectivity index (χ0) is 14.6. The maximum Gasteiger partial charge on any atom is 0.104 e. The first kappa shape index (κ1) is 14.9. The molecule has 0 fully saturated rings. The molecule has 0 saturated heterocycles. The SMILES string of the molecule is Cc1ccc([S@](=O)/C=C/[Si](C)(C)c2ccccc2)cc1. The van der Waals surface area contributed by atoms with Crippen molar-refractivity contribution in [2.75, 3.05) is 0 Å². The highest BCUT2D eigenvalue weighted by Crippen LogP contribution is 2.12. The minimum absolute atomic E-state index is 0.865. The molecule has 0 aromatic heterocycles. The Morgan fingerprint density at radius 1 is 0.950 bits per heavy atom. The van der Waals surface area contributed by atoms with Gasteiger partial charge in [-0.15, -0.1) is 0 Å². The summed E-state index contributed by atoms with van der Waals surface area (Å²) in [4.78, 5) is 0.865. The van der Waals surface area contributed by atoms with Gasteiger partial charge in [0.2, 0.25) is 0 Å². The van der Waals surface area contributed by atoms with Crippen molar-refractivity contribution in [1.82, 2.24) is 0 Å². The smallest absolute Gasteiger partial charge is 0.104 e. The van der Waals surface area contributed by atoms with Crippen molar-refractivity contribution in [3.63, 3.8) is 0 Å². The summed E-state index contributed by atoms with van der Waals surface area (Å²) in [5.74, 6) is 0. The first-order chi connectivity index (χ1) is 9.49. The van der Waals surface area contributed by atoms with Gasteiger partial charge in [0.05, 0.1) is 10.8 Å². The second-order valence-electron chi connectivity index (χ2n) is 5.50. The molecule has 3 heteroatoms. The van der Waals surface area contributed by atoms with Crippen LogP contribution in [0.15, 0.2) is 70.6 Å². The van der Waals surface area contributed by atoms with Gasteiger partial charge in [-0.1, -0.05) is 72.0 Å². The van der Waals surface area contributed by atoms with E-state index in [1.54, 1.807) is 0 Å². The molecule has 0 heterocycles. The van der Waals surface area contributed by atoms with E-state index in [2.05, 4.69) is 43.1 Å². The van der Waals surface area contributed by atoms with E-state index in [1.165, 1.54) is 10.8 Å². The Hall–Kier alpha value is -1.45. The number of hydrogen-bond donors (Lipinski definition) is 0. The molecular weight excluding hydrogens is 280 g/mol. The van der Waals surface area contributed by atoms with Crippen molar-refractivity contribution in [2.24, 2.45) is 0 Å². The predicted octanol–water partition coefficient (Wildman–Crippen LogP) is 3.77. The molecule has 0 amide bonds. The van der Waals surface area contributed by atoms with Gasteiger partial charge in [-0.3, -0.25) is 0 Å². The van der Waals surface area contributed by atoms with Crippen LogP contribution in [0.3, 0.4) is 0 Å². The standard InChI is InChI=1S/C17H20OSSi/c1-15-9-11-16(12-10-15)19(18)13-14-20(2,3)17-7-5-4-6-8-17/h4-14H,1-3H3/b14-13+/t19-/m1/s1. The molecule has 104 valence electrons. The molecule has 0 spiro atoms. The maximum absolute atomic E-state index is 12.3. The van der Waals surface area contributed by atoms with Crippen LogP contribution in [0.1, 0.15) is 5.56 Å². The van der Waals surface area contributed by atoms with E-state index < -0.39 is 18.9 Å². The van der Waals surface area contributed by atoms with Crippen molar-refractivity contribution in [2.45, 2.75) is 24.9 Å². The van der Waals surface area contributed by atoms with Crippen LogP contribution in [0.25, 0.3) is 0 Å². The van der Waals surface area contributed by atoms with Crippen LogP contribution in [-0.2, 0) is 10.8 Å². The Morgan fingerprint density at radius 3 is 2.15 bits per heavy atom. The highest BCUT2D eigenvalue weighted by molar-refractivity contribution is 7.88. The topological polar surface area (TPSA) is 17.1 Å². The average molecular weight is 300 g/mol. The van der Waals surface area contributed by atoms with Crippen LogP contribution in [-0.4, -0.2) is 12.3 Å². The van der Waals surface area contributed by atoms with E-state index in [4.69, 9.17) is 0 Å². The normalized spacial score (nSPS) is 13.6. The number of rotatable bonds is 4. The predicted molar refractivity (Wildman–Crippen MR) is 90.3 cm³/mol. The van der Waals surface area contributed by atoms with Crippen LogP contribution in [0.4, 0.5) is 0 Å². The first-order valence-electron chi connectivity index (χ1n) is 6.71. The zero-order valence-electron chi connectivity index (χ0n) is 12.2. The molecule has 0 aliphatic rings. The summed E-state index contributed by atoms with van der Waals surface area (Å²) in [7, 11) is -2.72. The van der Waals surface area contributed by atoms with E-state index in [0.29, 0.717) is 0 Å². The van der Waals surface area contributed by atoms with Gasteiger partial charge in [0.25, 0.3) is 0 Å². The van der Waals surface area contributed by atoms with Crippen molar-refractivity contribution in [3.8, 4) is 0 Å². The van der Waals surface area contributed by atoms with E-state index in [0.717, 1.165) is 4.90 Å². The lowest BCUT2D eigenvalue weighted by Gasteiger charge is -2.17. The van der Waals surface area contributed by atoms with Gasteiger partial charge in [0.1, 0.15) is 8.07 Å². The molecule has 2 aromatic carbocycles. The molecule has 0 aliphatic carbocycles. The fraction of sp³-hybridized carbons (Fsp3) is 0.176. The second-order valence-corrected chi connectivity index (χ2v) is 11.2. The van der Waals surface area contributed by atoms with Crippen LogP contribution >= 0.6 is 0 Å².